The number of urea groups is 1. The first-order valence-corrected chi connectivity index (χ1v) is 9.75. The van der Waals surface area contributed by atoms with E-state index in [-0.39, 0.29) is 11.9 Å². The van der Waals surface area contributed by atoms with E-state index in [4.69, 9.17) is 0 Å². The van der Waals surface area contributed by atoms with E-state index in [1.54, 1.807) is 29.2 Å². The van der Waals surface area contributed by atoms with Gasteiger partial charge in [-0.25, -0.2) is 4.79 Å². The summed E-state index contributed by atoms with van der Waals surface area (Å²) in [5, 5.41) is 5.66. The van der Waals surface area contributed by atoms with Crippen molar-refractivity contribution >= 4 is 23.3 Å². The van der Waals surface area contributed by atoms with Crippen molar-refractivity contribution < 1.29 is 9.59 Å². The van der Waals surface area contributed by atoms with Crippen molar-refractivity contribution in [2.75, 3.05) is 43.4 Å². The van der Waals surface area contributed by atoms with Crippen molar-refractivity contribution in [2.24, 2.45) is 0 Å². The van der Waals surface area contributed by atoms with Crippen LogP contribution in [0.2, 0.25) is 0 Å². The Kier molecular flexibility index (Phi) is 8.34. The Morgan fingerprint density at radius 3 is 2.18 bits per heavy atom. The van der Waals surface area contributed by atoms with Crippen LogP contribution in [0.25, 0.3) is 0 Å². The number of amides is 3. The number of rotatable bonds is 9. The molecule has 0 bridgehead atoms. The first-order valence-electron chi connectivity index (χ1n) is 9.75. The van der Waals surface area contributed by atoms with Gasteiger partial charge in [0.05, 0.1) is 0 Å². The summed E-state index contributed by atoms with van der Waals surface area (Å²) in [5.74, 6) is 0.00328. The molecule has 0 radical (unpaired) electrons. The van der Waals surface area contributed by atoms with Crippen LogP contribution >= 0.6 is 0 Å². The predicted molar refractivity (Wildman–Crippen MR) is 115 cm³/mol. The van der Waals surface area contributed by atoms with Crippen molar-refractivity contribution in [1.29, 1.82) is 0 Å². The maximum absolute atomic E-state index is 12.3. The minimum atomic E-state index is -0.245. The lowest BCUT2D eigenvalue weighted by Crippen LogP contribution is -2.32. The number of carbonyl (C=O) groups is 2. The van der Waals surface area contributed by atoms with E-state index in [0.29, 0.717) is 30.9 Å². The van der Waals surface area contributed by atoms with Crippen LogP contribution in [0.1, 0.15) is 30.6 Å². The van der Waals surface area contributed by atoms with E-state index in [1.807, 2.05) is 39.1 Å². The molecule has 0 aliphatic carbocycles. The summed E-state index contributed by atoms with van der Waals surface area (Å²) < 4.78 is 0. The second-order valence-electron chi connectivity index (χ2n) is 6.55. The Hall–Kier alpha value is -3.02. The molecule has 28 heavy (non-hydrogen) atoms. The Labute approximate surface area is 167 Å². The third-order valence-corrected chi connectivity index (χ3v) is 4.59. The zero-order chi connectivity index (χ0) is 20.4. The number of anilines is 2. The second kappa shape index (κ2) is 11.0. The maximum Gasteiger partial charge on any atom is 0.319 e. The summed E-state index contributed by atoms with van der Waals surface area (Å²) in [5.41, 5.74) is 2.44. The van der Waals surface area contributed by atoms with Crippen LogP contribution in [-0.4, -0.2) is 50.1 Å². The SMILES string of the molecule is CCN(CC)C(=O)c1ccc(NC(=O)NCCCN(C)c2ccccc2)cc1. The number of hydrogen-bond donors (Lipinski definition) is 2. The third kappa shape index (κ3) is 6.30. The zero-order valence-electron chi connectivity index (χ0n) is 16.9. The molecule has 2 rings (SSSR count). The van der Waals surface area contributed by atoms with E-state index >= 15 is 0 Å². The molecular weight excluding hydrogens is 352 g/mol. The summed E-state index contributed by atoms with van der Waals surface area (Å²) in [7, 11) is 2.04. The standard InChI is InChI=1S/C22H30N4O2/c1-4-26(5-2)21(27)18-12-14-19(15-13-18)24-22(28)23-16-9-17-25(3)20-10-7-6-8-11-20/h6-8,10-15H,4-5,9,16-17H2,1-3H3,(H2,23,24,28). The number of hydrogen-bond acceptors (Lipinski definition) is 3. The van der Waals surface area contributed by atoms with E-state index in [2.05, 4.69) is 27.7 Å². The first-order chi connectivity index (χ1) is 13.5. The lowest BCUT2D eigenvalue weighted by atomic mass is 10.2. The highest BCUT2D eigenvalue weighted by molar-refractivity contribution is 5.95. The molecule has 150 valence electrons. The Morgan fingerprint density at radius 1 is 0.929 bits per heavy atom. The fraction of sp³-hybridized carbons (Fsp3) is 0.364. The molecule has 2 aromatic carbocycles. The average molecular weight is 383 g/mol. The lowest BCUT2D eigenvalue weighted by Gasteiger charge is -2.19. The highest BCUT2D eigenvalue weighted by Crippen LogP contribution is 2.12. The Bertz CT molecular complexity index is 743. The first kappa shape index (κ1) is 21.3. The molecule has 6 nitrogen and oxygen atoms in total. The Morgan fingerprint density at radius 2 is 1.57 bits per heavy atom. The van der Waals surface area contributed by atoms with E-state index in [9.17, 15) is 9.59 Å². The van der Waals surface area contributed by atoms with Gasteiger partial charge in [-0.15, -0.1) is 0 Å². The van der Waals surface area contributed by atoms with Crippen LogP contribution in [0, 0.1) is 0 Å². The van der Waals surface area contributed by atoms with Gasteiger partial charge in [-0.2, -0.15) is 0 Å². The van der Waals surface area contributed by atoms with Crippen LogP contribution in [0.15, 0.2) is 54.6 Å². The van der Waals surface area contributed by atoms with Crippen LogP contribution in [0.3, 0.4) is 0 Å². The van der Waals surface area contributed by atoms with Crippen LogP contribution < -0.4 is 15.5 Å². The number of nitrogens with zero attached hydrogens (tertiary/aromatic N) is 2. The van der Waals surface area contributed by atoms with Crippen molar-refractivity contribution in [1.82, 2.24) is 10.2 Å². The molecule has 2 aromatic rings. The zero-order valence-corrected chi connectivity index (χ0v) is 16.9. The molecule has 3 amide bonds. The van der Waals surface area contributed by atoms with Gasteiger partial charge in [-0.3, -0.25) is 4.79 Å². The highest BCUT2D eigenvalue weighted by Gasteiger charge is 2.12. The number of nitrogens with one attached hydrogen (secondary N) is 2. The van der Waals surface area contributed by atoms with Crippen molar-refractivity contribution in [3.05, 3.63) is 60.2 Å². The molecule has 0 saturated carbocycles. The van der Waals surface area contributed by atoms with Crippen LogP contribution in [-0.2, 0) is 0 Å². The van der Waals surface area contributed by atoms with Crippen molar-refractivity contribution in [3.63, 3.8) is 0 Å². The van der Waals surface area contributed by atoms with Crippen molar-refractivity contribution in [3.8, 4) is 0 Å². The quantitative estimate of drug-likeness (QED) is 0.648. The van der Waals surface area contributed by atoms with Gasteiger partial charge in [-0.05, 0) is 56.7 Å². The summed E-state index contributed by atoms with van der Waals surface area (Å²) in [4.78, 5) is 28.3. The topological polar surface area (TPSA) is 64.7 Å². The molecule has 0 saturated heterocycles. The van der Waals surface area contributed by atoms with Gasteiger partial charge in [-0.1, -0.05) is 18.2 Å². The third-order valence-electron chi connectivity index (χ3n) is 4.59. The molecule has 0 aliphatic heterocycles. The van der Waals surface area contributed by atoms with Gasteiger partial charge in [0.15, 0.2) is 0 Å². The second-order valence-corrected chi connectivity index (χ2v) is 6.55. The molecule has 0 atom stereocenters. The average Bonchev–Trinajstić information content (AvgIpc) is 2.73. The van der Waals surface area contributed by atoms with Gasteiger partial charge in [0.2, 0.25) is 0 Å². The van der Waals surface area contributed by atoms with Crippen molar-refractivity contribution in [2.45, 2.75) is 20.3 Å². The smallest absolute Gasteiger partial charge is 0.319 e. The van der Waals surface area contributed by atoms with Gasteiger partial charge >= 0.3 is 6.03 Å². The van der Waals surface area contributed by atoms with Gasteiger partial charge < -0.3 is 20.4 Å². The number of para-hydroxylation sites is 1. The van der Waals surface area contributed by atoms with E-state index in [1.165, 1.54) is 0 Å². The van der Waals surface area contributed by atoms with Crippen LogP contribution in [0.5, 0.6) is 0 Å². The maximum atomic E-state index is 12.3. The summed E-state index contributed by atoms with van der Waals surface area (Å²) in [6.45, 7) is 6.71. The molecule has 0 fully saturated rings. The highest BCUT2D eigenvalue weighted by atomic mass is 16.2. The molecule has 2 N–H and O–H groups in total. The molecular formula is C22H30N4O2. The summed E-state index contributed by atoms with van der Waals surface area (Å²) in [6.07, 6.45) is 0.843. The fourth-order valence-corrected chi connectivity index (χ4v) is 2.89. The van der Waals surface area contributed by atoms with E-state index in [0.717, 1.165) is 18.7 Å². The Balaban J connectivity index is 1.73. The minimum absolute atomic E-state index is 0.00328. The van der Waals surface area contributed by atoms with Gasteiger partial charge in [0, 0.05) is 50.2 Å². The summed E-state index contributed by atoms with van der Waals surface area (Å²) >= 11 is 0. The fourth-order valence-electron chi connectivity index (χ4n) is 2.89. The molecule has 0 spiro atoms. The molecule has 0 heterocycles. The molecule has 0 aliphatic rings. The summed E-state index contributed by atoms with van der Waals surface area (Å²) in [6, 6.07) is 16.9. The number of carbonyl (C=O) groups excluding carboxylic acids is 2. The largest absolute Gasteiger partial charge is 0.375 e. The predicted octanol–water partition coefficient (Wildman–Crippen LogP) is 3.82. The van der Waals surface area contributed by atoms with E-state index < -0.39 is 0 Å². The molecule has 0 aromatic heterocycles. The molecule has 0 unspecified atom stereocenters. The van der Waals surface area contributed by atoms with Gasteiger partial charge in [0.25, 0.3) is 5.91 Å². The monoisotopic (exact) mass is 382 g/mol. The minimum Gasteiger partial charge on any atom is -0.375 e. The number of benzene rings is 2. The normalized spacial score (nSPS) is 10.2. The molecule has 6 heteroatoms. The van der Waals surface area contributed by atoms with Crippen LogP contribution in [0.4, 0.5) is 16.2 Å². The van der Waals surface area contributed by atoms with Gasteiger partial charge in [0.1, 0.15) is 0 Å². The lowest BCUT2D eigenvalue weighted by molar-refractivity contribution is 0.0773.